The molecule has 1 fully saturated rings. The molecular weight excluding hydrogens is 559 g/mol. The Morgan fingerprint density at radius 1 is 1.00 bits per heavy atom. The standard InChI is InChI=1S/C30H33F5N4O3/c1-3-38-11-13-39(14-12-38)18-21-5-8-22(17-24(21)30(33,34)35)36-29(41)37-25-9-6-19(15-23(25)28(31)32)20-7-10-26(40)27(16-20)42-4-2/h5-9,15-17,28H,3-4,10-14,18H2,1-2H3,(H2,36,37,41). The van der Waals surface area contributed by atoms with Crippen molar-refractivity contribution in [2.24, 2.45) is 0 Å². The van der Waals surface area contributed by atoms with Crippen molar-refractivity contribution >= 4 is 28.8 Å². The van der Waals surface area contributed by atoms with E-state index in [9.17, 15) is 31.5 Å². The second-order valence-electron chi connectivity index (χ2n) is 9.99. The first-order valence-corrected chi connectivity index (χ1v) is 13.7. The van der Waals surface area contributed by atoms with Gasteiger partial charge in [-0.15, -0.1) is 0 Å². The average Bonchev–Trinajstić information content (AvgIpc) is 2.95. The molecular formula is C30H33F5N4O3. The Bertz CT molecular complexity index is 1370. The third-order valence-electron chi connectivity index (χ3n) is 7.22. The first-order valence-electron chi connectivity index (χ1n) is 13.7. The van der Waals surface area contributed by atoms with E-state index in [0.29, 0.717) is 24.2 Å². The number of alkyl halides is 5. The summed E-state index contributed by atoms with van der Waals surface area (Å²) in [6.45, 7) is 7.90. The van der Waals surface area contributed by atoms with Crippen LogP contribution in [0, 0.1) is 0 Å². The lowest BCUT2D eigenvalue weighted by atomic mass is 9.96. The van der Waals surface area contributed by atoms with Crippen molar-refractivity contribution in [2.45, 2.75) is 39.4 Å². The highest BCUT2D eigenvalue weighted by molar-refractivity contribution is 6.02. The summed E-state index contributed by atoms with van der Waals surface area (Å²) >= 11 is 0. The number of urea groups is 1. The van der Waals surface area contributed by atoms with E-state index in [-0.39, 0.29) is 48.1 Å². The Hall–Kier alpha value is -3.77. The van der Waals surface area contributed by atoms with Crippen molar-refractivity contribution < 1.29 is 36.3 Å². The van der Waals surface area contributed by atoms with Gasteiger partial charge < -0.3 is 20.3 Å². The van der Waals surface area contributed by atoms with Crippen LogP contribution in [0.4, 0.5) is 38.1 Å². The van der Waals surface area contributed by atoms with Gasteiger partial charge in [0.05, 0.1) is 17.9 Å². The van der Waals surface area contributed by atoms with Crippen LogP contribution in [0.3, 0.4) is 0 Å². The molecule has 0 aromatic heterocycles. The molecule has 7 nitrogen and oxygen atoms in total. The van der Waals surface area contributed by atoms with Crippen LogP contribution in [0.1, 0.15) is 48.9 Å². The minimum Gasteiger partial charge on any atom is -0.490 e. The summed E-state index contributed by atoms with van der Waals surface area (Å²) in [6.07, 6.45) is -4.48. The molecule has 1 aliphatic heterocycles. The quantitative estimate of drug-likeness (QED) is 0.317. The van der Waals surface area contributed by atoms with Gasteiger partial charge >= 0.3 is 12.2 Å². The normalized spacial score (nSPS) is 16.7. The van der Waals surface area contributed by atoms with Gasteiger partial charge in [-0.25, -0.2) is 13.6 Å². The number of nitrogens with zero attached hydrogens (tertiary/aromatic N) is 2. The van der Waals surface area contributed by atoms with Gasteiger partial charge in [0, 0.05) is 50.4 Å². The number of Topliss-reactive ketones (excluding diaryl/α,β-unsaturated/α-hetero) is 1. The summed E-state index contributed by atoms with van der Waals surface area (Å²) in [5.74, 6) is -0.0837. The third kappa shape index (κ3) is 7.74. The average molecular weight is 593 g/mol. The number of benzene rings is 2. The number of ketones is 1. The fourth-order valence-electron chi connectivity index (χ4n) is 4.94. The van der Waals surface area contributed by atoms with Crippen LogP contribution in [0.25, 0.3) is 5.57 Å². The molecule has 12 heteroatoms. The molecule has 226 valence electrons. The van der Waals surface area contributed by atoms with Crippen molar-refractivity contribution in [1.82, 2.24) is 9.80 Å². The fourth-order valence-corrected chi connectivity index (χ4v) is 4.94. The van der Waals surface area contributed by atoms with Gasteiger partial charge in [-0.1, -0.05) is 25.1 Å². The summed E-state index contributed by atoms with van der Waals surface area (Å²) in [5.41, 5.74) is -0.678. The molecule has 2 aliphatic rings. The zero-order valence-corrected chi connectivity index (χ0v) is 23.4. The number of carbonyl (C=O) groups excluding carboxylic acids is 2. The van der Waals surface area contributed by atoms with Crippen LogP contribution in [-0.2, 0) is 22.3 Å². The van der Waals surface area contributed by atoms with Crippen LogP contribution in [0.15, 0.2) is 54.3 Å². The van der Waals surface area contributed by atoms with Crippen molar-refractivity contribution in [3.63, 3.8) is 0 Å². The number of nitrogens with one attached hydrogen (secondary N) is 2. The highest BCUT2D eigenvalue weighted by Gasteiger charge is 2.34. The Kier molecular flexibility index (Phi) is 10.00. The van der Waals surface area contributed by atoms with E-state index in [1.807, 2.05) is 11.8 Å². The molecule has 1 heterocycles. The molecule has 0 bridgehead atoms. The zero-order chi connectivity index (χ0) is 30.4. The van der Waals surface area contributed by atoms with E-state index in [1.54, 1.807) is 13.0 Å². The molecule has 0 atom stereocenters. The van der Waals surface area contributed by atoms with E-state index >= 15 is 0 Å². The van der Waals surface area contributed by atoms with Crippen molar-refractivity contribution in [1.29, 1.82) is 0 Å². The van der Waals surface area contributed by atoms with Crippen molar-refractivity contribution in [3.05, 3.63) is 76.6 Å². The van der Waals surface area contributed by atoms with Gasteiger partial charge in [-0.2, -0.15) is 13.2 Å². The van der Waals surface area contributed by atoms with E-state index < -0.39 is 29.8 Å². The van der Waals surface area contributed by atoms with E-state index in [1.165, 1.54) is 36.4 Å². The number of carbonyl (C=O) groups is 2. The lowest BCUT2D eigenvalue weighted by Crippen LogP contribution is -2.45. The van der Waals surface area contributed by atoms with E-state index in [4.69, 9.17) is 4.74 Å². The number of likely N-dealkylation sites (N-methyl/N-ethyl adjacent to an activating group) is 1. The van der Waals surface area contributed by atoms with E-state index in [0.717, 1.165) is 25.7 Å². The maximum Gasteiger partial charge on any atom is 0.416 e. The number of hydrogen-bond acceptors (Lipinski definition) is 5. The molecule has 1 aliphatic carbocycles. The lowest BCUT2D eigenvalue weighted by molar-refractivity contribution is -0.138. The Morgan fingerprint density at radius 2 is 1.71 bits per heavy atom. The van der Waals surface area contributed by atoms with Crippen LogP contribution >= 0.6 is 0 Å². The van der Waals surface area contributed by atoms with Gasteiger partial charge in [-0.3, -0.25) is 9.69 Å². The smallest absolute Gasteiger partial charge is 0.416 e. The predicted molar refractivity (Wildman–Crippen MR) is 150 cm³/mol. The third-order valence-corrected chi connectivity index (χ3v) is 7.22. The number of piperazine rings is 1. The van der Waals surface area contributed by atoms with Gasteiger partial charge in [0.15, 0.2) is 5.76 Å². The Labute approximate surface area is 241 Å². The summed E-state index contributed by atoms with van der Waals surface area (Å²) in [4.78, 5) is 28.9. The molecule has 4 rings (SSSR count). The molecule has 2 N–H and O–H groups in total. The largest absolute Gasteiger partial charge is 0.490 e. The molecule has 0 saturated carbocycles. The van der Waals surface area contributed by atoms with E-state index in [2.05, 4.69) is 15.5 Å². The minimum atomic E-state index is -4.65. The lowest BCUT2D eigenvalue weighted by Gasteiger charge is -2.34. The monoisotopic (exact) mass is 592 g/mol. The molecule has 42 heavy (non-hydrogen) atoms. The van der Waals surface area contributed by atoms with Crippen LogP contribution in [0.2, 0.25) is 0 Å². The maximum absolute atomic E-state index is 14.0. The van der Waals surface area contributed by atoms with Gasteiger partial charge in [0.1, 0.15) is 0 Å². The molecule has 1 saturated heterocycles. The number of amides is 2. The Morgan fingerprint density at radius 3 is 2.36 bits per heavy atom. The second-order valence-corrected chi connectivity index (χ2v) is 9.99. The predicted octanol–water partition coefficient (Wildman–Crippen LogP) is 6.70. The minimum absolute atomic E-state index is 0.0573. The summed E-state index contributed by atoms with van der Waals surface area (Å²) in [5, 5.41) is 4.64. The molecule has 0 unspecified atom stereocenters. The highest BCUT2D eigenvalue weighted by atomic mass is 19.4. The molecule has 0 spiro atoms. The number of allylic oxidation sites excluding steroid dienone is 4. The topological polar surface area (TPSA) is 73.9 Å². The molecule has 2 aromatic carbocycles. The Balaban J connectivity index is 1.48. The van der Waals surface area contributed by atoms with Crippen molar-refractivity contribution in [2.75, 3.05) is 50.0 Å². The van der Waals surface area contributed by atoms with Gasteiger partial charge in [-0.05, 0) is 60.5 Å². The number of rotatable bonds is 9. The number of anilines is 2. The van der Waals surface area contributed by atoms with Gasteiger partial charge in [0.25, 0.3) is 6.43 Å². The summed E-state index contributed by atoms with van der Waals surface area (Å²) in [6, 6.07) is 6.55. The van der Waals surface area contributed by atoms with Crippen LogP contribution < -0.4 is 10.6 Å². The highest BCUT2D eigenvalue weighted by Crippen LogP contribution is 2.35. The zero-order valence-electron chi connectivity index (χ0n) is 23.4. The summed E-state index contributed by atoms with van der Waals surface area (Å²) < 4.78 is 75.0. The number of ether oxygens (including phenoxy) is 1. The van der Waals surface area contributed by atoms with Gasteiger partial charge in [0.2, 0.25) is 5.78 Å². The molecule has 0 radical (unpaired) electrons. The first kappa shape index (κ1) is 31.2. The molecule has 2 aromatic rings. The van der Waals surface area contributed by atoms with Crippen LogP contribution in [-0.4, -0.2) is 60.9 Å². The summed E-state index contributed by atoms with van der Waals surface area (Å²) in [7, 11) is 0. The molecule has 2 amide bonds. The first-order chi connectivity index (χ1) is 20.0. The maximum atomic E-state index is 14.0. The van der Waals surface area contributed by atoms with Crippen LogP contribution in [0.5, 0.6) is 0 Å². The van der Waals surface area contributed by atoms with Crippen molar-refractivity contribution in [3.8, 4) is 0 Å². The second kappa shape index (κ2) is 13.5. The number of hydrogen-bond donors (Lipinski definition) is 2. The SMILES string of the molecule is CCOC1=CC(c2ccc(NC(=O)Nc3ccc(CN4CCN(CC)CC4)c(C(F)(F)F)c3)c(C(F)F)c2)=CCC1=O. The number of halogens is 5. The fraction of sp³-hybridized carbons (Fsp3) is 0.400.